The first-order valence-corrected chi connectivity index (χ1v) is 6.83. The van der Waals surface area contributed by atoms with Crippen LogP contribution in [-0.2, 0) is 0 Å². The van der Waals surface area contributed by atoms with Gasteiger partial charge in [0.15, 0.2) is 11.5 Å². The maximum atomic E-state index is 11.9. The molecule has 0 saturated heterocycles. The van der Waals surface area contributed by atoms with E-state index >= 15 is 0 Å². The maximum absolute atomic E-state index is 11.9. The highest BCUT2D eigenvalue weighted by Crippen LogP contribution is 2.26. The minimum Gasteiger partial charge on any atom is -0.493 e. The number of benzene rings is 2. The summed E-state index contributed by atoms with van der Waals surface area (Å²) < 4.78 is 10.3. The summed E-state index contributed by atoms with van der Waals surface area (Å²) in [6.45, 7) is 0. The SMILES string of the molecule is COc1ccc(/C=N\NC(=O)c2ccc(Cl)cc2)cc1OC. The van der Waals surface area contributed by atoms with Gasteiger partial charge in [-0.15, -0.1) is 0 Å². The number of hydrogen-bond acceptors (Lipinski definition) is 4. The van der Waals surface area contributed by atoms with Gasteiger partial charge in [-0.1, -0.05) is 11.6 Å². The number of carbonyl (C=O) groups is 1. The summed E-state index contributed by atoms with van der Waals surface area (Å²) in [5, 5.41) is 4.49. The fourth-order valence-electron chi connectivity index (χ4n) is 1.76. The molecule has 0 unspecified atom stereocenters. The minimum absolute atomic E-state index is 0.312. The largest absolute Gasteiger partial charge is 0.493 e. The van der Waals surface area contributed by atoms with Crippen LogP contribution in [0.15, 0.2) is 47.6 Å². The first-order chi connectivity index (χ1) is 10.6. The van der Waals surface area contributed by atoms with Crippen LogP contribution in [0.5, 0.6) is 11.5 Å². The molecule has 0 radical (unpaired) electrons. The summed E-state index contributed by atoms with van der Waals surface area (Å²) in [5.74, 6) is 0.911. The lowest BCUT2D eigenvalue weighted by molar-refractivity contribution is 0.0955. The topological polar surface area (TPSA) is 59.9 Å². The van der Waals surface area contributed by atoms with E-state index in [1.165, 1.54) is 6.21 Å². The Labute approximate surface area is 133 Å². The molecular weight excluding hydrogens is 304 g/mol. The second-order valence-corrected chi connectivity index (χ2v) is 4.76. The van der Waals surface area contributed by atoms with E-state index in [0.717, 1.165) is 5.56 Å². The first-order valence-electron chi connectivity index (χ1n) is 6.45. The molecule has 5 nitrogen and oxygen atoms in total. The average molecular weight is 319 g/mol. The second-order valence-electron chi connectivity index (χ2n) is 4.32. The number of methoxy groups -OCH3 is 2. The van der Waals surface area contributed by atoms with Gasteiger partial charge in [0.1, 0.15) is 0 Å². The minimum atomic E-state index is -0.312. The average Bonchev–Trinajstić information content (AvgIpc) is 2.55. The molecular formula is C16H15ClN2O3. The van der Waals surface area contributed by atoms with Crippen LogP contribution in [0.25, 0.3) is 0 Å². The predicted octanol–water partition coefficient (Wildman–Crippen LogP) is 3.12. The maximum Gasteiger partial charge on any atom is 0.271 e. The standard InChI is InChI=1S/C16H15ClN2O3/c1-21-14-8-3-11(9-15(14)22-2)10-18-19-16(20)12-4-6-13(17)7-5-12/h3-10H,1-2H3,(H,19,20)/b18-10-. The molecule has 22 heavy (non-hydrogen) atoms. The number of carbonyl (C=O) groups excluding carboxylic acids is 1. The number of ether oxygens (including phenoxy) is 2. The van der Waals surface area contributed by atoms with E-state index in [4.69, 9.17) is 21.1 Å². The molecule has 0 bridgehead atoms. The normalized spacial score (nSPS) is 10.5. The lowest BCUT2D eigenvalue weighted by Crippen LogP contribution is -2.17. The molecule has 6 heteroatoms. The van der Waals surface area contributed by atoms with Crippen molar-refractivity contribution in [3.8, 4) is 11.5 Å². The monoisotopic (exact) mass is 318 g/mol. The summed E-state index contributed by atoms with van der Waals surface area (Å²) in [7, 11) is 3.12. The van der Waals surface area contributed by atoms with Crippen LogP contribution >= 0.6 is 11.6 Å². The first kappa shape index (κ1) is 15.9. The molecule has 1 N–H and O–H groups in total. The Bertz CT molecular complexity index is 684. The van der Waals surface area contributed by atoms with Gasteiger partial charge in [0.2, 0.25) is 0 Å². The third kappa shape index (κ3) is 3.99. The Morgan fingerprint density at radius 3 is 2.41 bits per heavy atom. The zero-order chi connectivity index (χ0) is 15.9. The third-order valence-electron chi connectivity index (χ3n) is 2.89. The Morgan fingerprint density at radius 1 is 1.09 bits per heavy atom. The lowest BCUT2D eigenvalue weighted by atomic mass is 10.2. The summed E-state index contributed by atoms with van der Waals surface area (Å²) in [6.07, 6.45) is 1.52. The Balaban J connectivity index is 2.03. The fraction of sp³-hybridized carbons (Fsp3) is 0.125. The predicted molar refractivity (Wildman–Crippen MR) is 86.1 cm³/mol. The van der Waals surface area contributed by atoms with Gasteiger partial charge in [0, 0.05) is 10.6 Å². The van der Waals surface area contributed by atoms with Crippen LogP contribution in [0, 0.1) is 0 Å². The summed E-state index contributed by atoms with van der Waals surface area (Å²) in [5.41, 5.74) is 3.70. The molecule has 0 atom stereocenters. The lowest BCUT2D eigenvalue weighted by Gasteiger charge is -2.07. The van der Waals surface area contributed by atoms with Gasteiger partial charge in [-0.05, 0) is 48.0 Å². The zero-order valence-corrected chi connectivity index (χ0v) is 12.9. The van der Waals surface area contributed by atoms with Crippen molar-refractivity contribution in [3.05, 3.63) is 58.6 Å². The molecule has 0 aromatic heterocycles. The molecule has 0 fully saturated rings. The fourth-order valence-corrected chi connectivity index (χ4v) is 1.89. The second kappa shape index (κ2) is 7.47. The van der Waals surface area contributed by atoms with Crippen LogP contribution in [-0.4, -0.2) is 26.3 Å². The van der Waals surface area contributed by atoms with Crippen molar-refractivity contribution < 1.29 is 14.3 Å². The molecule has 0 aliphatic heterocycles. The van der Waals surface area contributed by atoms with Crippen molar-refractivity contribution >= 4 is 23.7 Å². The highest BCUT2D eigenvalue weighted by atomic mass is 35.5. The van der Waals surface area contributed by atoms with E-state index in [1.54, 1.807) is 56.7 Å². The highest BCUT2D eigenvalue weighted by Gasteiger charge is 2.04. The molecule has 0 heterocycles. The number of hydrogen-bond donors (Lipinski definition) is 1. The van der Waals surface area contributed by atoms with Gasteiger partial charge in [0.25, 0.3) is 5.91 Å². The van der Waals surface area contributed by atoms with Crippen LogP contribution in [0.1, 0.15) is 15.9 Å². The van der Waals surface area contributed by atoms with E-state index in [1.807, 2.05) is 0 Å². The summed E-state index contributed by atoms with van der Waals surface area (Å²) in [6, 6.07) is 11.9. The van der Waals surface area contributed by atoms with Crippen molar-refractivity contribution in [2.24, 2.45) is 5.10 Å². The Kier molecular flexibility index (Phi) is 5.38. The molecule has 1 amide bonds. The zero-order valence-electron chi connectivity index (χ0n) is 12.2. The Hall–Kier alpha value is -2.53. The number of rotatable bonds is 5. The van der Waals surface area contributed by atoms with Crippen LogP contribution < -0.4 is 14.9 Å². The number of halogens is 1. The molecule has 2 aromatic rings. The third-order valence-corrected chi connectivity index (χ3v) is 3.15. The number of nitrogens with zero attached hydrogens (tertiary/aromatic N) is 1. The number of nitrogens with one attached hydrogen (secondary N) is 1. The van der Waals surface area contributed by atoms with Crippen molar-refractivity contribution in [1.82, 2.24) is 5.43 Å². The van der Waals surface area contributed by atoms with Crippen molar-refractivity contribution in [3.63, 3.8) is 0 Å². The van der Waals surface area contributed by atoms with Crippen LogP contribution in [0.4, 0.5) is 0 Å². The van der Waals surface area contributed by atoms with Gasteiger partial charge < -0.3 is 9.47 Å². The van der Waals surface area contributed by atoms with Crippen molar-refractivity contribution in [2.75, 3.05) is 14.2 Å². The van der Waals surface area contributed by atoms with Gasteiger partial charge in [-0.2, -0.15) is 5.10 Å². The van der Waals surface area contributed by atoms with Crippen LogP contribution in [0.2, 0.25) is 5.02 Å². The van der Waals surface area contributed by atoms with E-state index in [9.17, 15) is 4.79 Å². The van der Waals surface area contributed by atoms with E-state index in [2.05, 4.69) is 10.5 Å². The molecule has 2 rings (SSSR count). The van der Waals surface area contributed by atoms with Gasteiger partial charge in [-0.3, -0.25) is 4.79 Å². The number of amides is 1. The quantitative estimate of drug-likeness (QED) is 0.680. The van der Waals surface area contributed by atoms with Gasteiger partial charge >= 0.3 is 0 Å². The summed E-state index contributed by atoms with van der Waals surface area (Å²) in [4.78, 5) is 11.9. The Morgan fingerprint density at radius 2 is 1.77 bits per heavy atom. The smallest absolute Gasteiger partial charge is 0.271 e. The molecule has 0 saturated carbocycles. The van der Waals surface area contributed by atoms with E-state index < -0.39 is 0 Å². The molecule has 114 valence electrons. The van der Waals surface area contributed by atoms with Gasteiger partial charge in [-0.25, -0.2) is 5.43 Å². The molecule has 0 aliphatic carbocycles. The molecule has 0 spiro atoms. The number of hydrazone groups is 1. The van der Waals surface area contributed by atoms with Crippen molar-refractivity contribution in [1.29, 1.82) is 0 Å². The van der Waals surface area contributed by atoms with E-state index in [0.29, 0.717) is 22.1 Å². The molecule has 2 aromatic carbocycles. The summed E-state index contributed by atoms with van der Waals surface area (Å²) >= 11 is 5.77. The van der Waals surface area contributed by atoms with Crippen LogP contribution in [0.3, 0.4) is 0 Å². The van der Waals surface area contributed by atoms with Crippen molar-refractivity contribution in [2.45, 2.75) is 0 Å². The molecule has 0 aliphatic rings. The van der Waals surface area contributed by atoms with Gasteiger partial charge in [0.05, 0.1) is 20.4 Å². The highest BCUT2D eigenvalue weighted by molar-refractivity contribution is 6.30. The van der Waals surface area contributed by atoms with E-state index in [-0.39, 0.29) is 5.91 Å².